The highest BCUT2D eigenvalue weighted by Crippen LogP contribution is 2.30. The molecule has 8 heteroatoms. The Morgan fingerprint density at radius 3 is 2.32 bits per heavy atom. The summed E-state index contributed by atoms with van der Waals surface area (Å²) in [7, 11) is -0.555. The largest absolute Gasteiger partial charge is 0.347 e. The van der Waals surface area contributed by atoms with E-state index < -0.39 is 10.0 Å². The molecule has 1 rings (SSSR count). The number of likely N-dealkylation sites (N-methyl/N-ethyl adjacent to an activating group) is 1. The predicted octanol–water partition coefficient (Wildman–Crippen LogP) is 1.85. The lowest BCUT2D eigenvalue weighted by atomic mass is 10.3. The fourth-order valence-corrected chi connectivity index (χ4v) is 2.61. The molecule has 0 bridgehead atoms. The number of anilines is 1. The first kappa shape index (κ1) is 16.1. The van der Waals surface area contributed by atoms with Gasteiger partial charge in [0, 0.05) is 19.1 Å². The molecule has 0 saturated carbocycles. The van der Waals surface area contributed by atoms with Gasteiger partial charge in [-0.25, -0.2) is 8.42 Å². The van der Waals surface area contributed by atoms with Crippen molar-refractivity contribution in [3.8, 4) is 0 Å². The maximum absolute atomic E-state index is 11.8. The summed E-state index contributed by atoms with van der Waals surface area (Å²) in [5, 5.41) is 0.548. The van der Waals surface area contributed by atoms with Crippen LogP contribution < -0.4 is 4.31 Å². The Kier molecular flexibility index (Phi) is 5.06. The smallest absolute Gasteiger partial charge is 0.242 e. The number of carbonyl (C=O) groups is 1. The summed E-state index contributed by atoms with van der Waals surface area (Å²) < 4.78 is 24.5. The minimum absolute atomic E-state index is 0.187. The Balaban J connectivity index is 3.26. The topological polar surface area (TPSA) is 57.7 Å². The minimum Gasteiger partial charge on any atom is -0.347 e. The second-order valence-electron chi connectivity index (χ2n) is 4.15. The first-order chi connectivity index (χ1) is 8.62. The Morgan fingerprint density at radius 2 is 1.84 bits per heavy atom. The first-order valence-electron chi connectivity index (χ1n) is 5.26. The van der Waals surface area contributed by atoms with E-state index in [0.29, 0.717) is 5.02 Å². The normalized spacial score (nSPS) is 11.2. The highest BCUT2D eigenvalue weighted by molar-refractivity contribution is 7.92. The summed E-state index contributed by atoms with van der Waals surface area (Å²) >= 11 is 11.8. The molecular formula is C11H14Cl2N2O3S. The van der Waals surface area contributed by atoms with Crippen molar-refractivity contribution in [2.45, 2.75) is 0 Å². The molecule has 0 aliphatic rings. The van der Waals surface area contributed by atoms with E-state index in [1.54, 1.807) is 20.2 Å². The molecule has 0 aliphatic heterocycles. The molecule has 0 aliphatic carbocycles. The maximum Gasteiger partial charge on any atom is 0.242 e. The average Bonchev–Trinajstić information content (AvgIpc) is 2.27. The lowest BCUT2D eigenvalue weighted by molar-refractivity contribution is -0.127. The van der Waals surface area contributed by atoms with Gasteiger partial charge in [-0.1, -0.05) is 23.2 Å². The monoisotopic (exact) mass is 324 g/mol. The van der Waals surface area contributed by atoms with Crippen molar-refractivity contribution in [3.05, 3.63) is 28.2 Å². The predicted molar refractivity (Wildman–Crippen MR) is 77.3 cm³/mol. The van der Waals surface area contributed by atoms with Gasteiger partial charge in [0.1, 0.15) is 6.54 Å². The number of rotatable bonds is 4. The first-order valence-corrected chi connectivity index (χ1v) is 7.86. The van der Waals surface area contributed by atoms with Crippen LogP contribution in [-0.4, -0.2) is 46.1 Å². The summed E-state index contributed by atoms with van der Waals surface area (Å²) in [4.78, 5) is 13.0. The SMILES string of the molecule is CN(C)C(=O)CN(c1cc(Cl)ccc1Cl)S(C)(=O)=O. The summed E-state index contributed by atoms with van der Waals surface area (Å²) in [5.41, 5.74) is 0.187. The third-order valence-corrected chi connectivity index (χ3v) is 4.04. The zero-order valence-corrected chi connectivity index (χ0v) is 13.1. The van der Waals surface area contributed by atoms with Gasteiger partial charge in [0.25, 0.3) is 0 Å². The summed E-state index contributed by atoms with van der Waals surface area (Å²) in [5.74, 6) is -0.360. The number of hydrogen-bond acceptors (Lipinski definition) is 3. The molecule has 0 saturated heterocycles. The van der Waals surface area contributed by atoms with Crippen LogP contribution in [0.2, 0.25) is 10.0 Å². The van der Waals surface area contributed by atoms with E-state index in [-0.39, 0.29) is 23.2 Å². The Labute approximate surface area is 122 Å². The van der Waals surface area contributed by atoms with Crippen LogP contribution in [0, 0.1) is 0 Å². The Morgan fingerprint density at radius 1 is 1.26 bits per heavy atom. The molecule has 0 spiro atoms. The Bertz CT molecular complexity index is 588. The summed E-state index contributed by atoms with van der Waals surface area (Å²) in [6, 6.07) is 4.44. The van der Waals surface area contributed by atoms with Gasteiger partial charge in [0.2, 0.25) is 15.9 Å². The van der Waals surface area contributed by atoms with Crippen LogP contribution in [0.25, 0.3) is 0 Å². The lowest BCUT2D eigenvalue weighted by Gasteiger charge is -2.24. The minimum atomic E-state index is -3.64. The van der Waals surface area contributed by atoms with E-state index >= 15 is 0 Å². The highest BCUT2D eigenvalue weighted by atomic mass is 35.5. The summed E-state index contributed by atoms with van der Waals surface area (Å²) in [6.45, 7) is -0.327. The molecular weight excluding hydrogens is 311 g/mol. The van der Waals surface area contributed by atoms with Gasteiger partial charge in [-0.05, 0) is 18.2 Å². The van der Waals surface area contributed by atoms with Gasteiger partial charge in [-0.2, -0.15) is 0 Å². The third kappa shape index (κ3) is 4.26. The van der Waals surface area contributed by atoms with Crippen molar-refractivity contribution in [2.75, 3.05) is 31.2 Å². The van der Waals surface area contributed by atoms with E-state index in [0.717, 1.165) is 10.6 Å². The van der Waals surface area contributed by atoms with Crippen LogP contribution in [0.4, 0.5) is 5.69 Å². The number of sulfonamides is 1. The van der Waals surface area contributed by atoms with Crippen molar-refractivity contribution in [1.82, 2.24) is 4.90 Å². The number of benzene rings is 1. The van der Waals surface area contributed by atoms with Gasteiger partial charge in [0.15, 0.2) is 0 Å². The molecule has 0 radical (unpaired) electrons. The van der Waals surface area contributed by atoms with Crippen LogP contribution in [0.3, 0.4) is 0 Å². The standard InChI is InChI=1S/C11H14Cl2N2O3S/c1-14(2)11(16)7-15(19(3,17)18)10-6-8(12)4-5-9(10)13/h4-6H,7H2,1-3H3. The van der Waals surface area contributed by atoms with Crippen LogP contribution >= 0.6 is 23.2 Å². The van der Waals surface area contributed by atoms with Gasteiger partial charge >= 0.3 is 0 Å². The third-order valence-electron chi connectivity index (χ3n) is 2.35. The molecule has 0 aromatic heterocycles. The average molecular weight is 325 g/mol. The second kappa shape index (κ2) is 5.98. The molecule has 1 aromatic rings. The zero-order valence-electron chi connectivity index (χ0n) is 10.7. The number of amides is 1. The van der Waals surface area contributed by atoms with Gasteiger partial charge < -0.3 is 4.90 Å². The van der Waals surface area contributed by atoms with E-state index in [1.165, 1.54) is 17.0 Å². The van der Waals surface area contributed by atoms with Crippen LogP contribution in [0.5, 0.6) is 0 Å². The van der Waals surface area contributed by atoms with Crippen molar-refractivity contribution in [1.29, 1.82) is 0 Å². The molecule has 19 heavy (non-hydrogen) atoms. The van der Waals surface area contributed by atoms with Crippen molar-refractivity contribution in [3.63, 3.8) is 0 Å². The number of hydrogen-bond donors (Lipinski definition) is 0. The van der Waals surface area contributed by atoms with Gasteiger partial charge in [0.05, 0.1) is 17.0 Å². The molecule has 5 nitrogen and oxygen atoms in total. The van der Waals surface area contributed by atoms with E-state index in [1.807, 2.05) is 0 Å². The quantitative estimate of drug-likeness (QED) is 0.849. The number of halogens is 2. The lowest BCUT2D eigenvalue weighted by Crippen LogP contribution is -2.40. The molecule has 0 N–H and O–H groups in total. The number of carbonyl (C=O) groups excluding carboxylic acids is 1. The highest BCUT2D eigenvalue weighted by Gasteiger charge is 2.23. The fraction of sp³-hybridized carbons (Fsp3) is 0.364. The van der Waals surface area contributed by atoms with Crippen molar-refractivity contribution >= 4 is 44.8 Å². The molecule has 1 aromatic carbocycles. The maximum atomic E-state index is 11.8. The Hall–Kier alpha value is -0.980. The van der Waals surface area contributed by atoms with E-state index in [4.69, 9.17) is 23.2 Å². The van der Waals surface area contributed by atoms with Gasteiger partial charge in [-0.3, -0.25) is 9.10 Å². The fourth-order valence-electron chi connectivity index (χ4n) is 1.32. The van der Waals surface area contributed by atoms with E-state index in [9.17, 15) is 13.2 Å². The van der Waals surface area contributed by atoms with Crippen LogP contribution in [0.15, 0.2) is 18.2 Å². The number of nitrogens with zero attached hydrogens (tertiary/aromatic N) is 2. The summed E-state index contributed by atoms with van der Waals surface area (Å²) in [6.07, 6.45) is 1.01. The molecule has 0 unspecified atom stereocenters. The van der Waals surface area contributed by atoms with E-state index in [2.05, 4.69) is 0 Å². The van der Waals surface area contributed by atoms with Crippen LogP contribution in [-0.2, 0) is 14.8 Å². The second-order valence-corrected chi connectivity index (χ2v) is 6.90. The zero-order chi connectivity index (χ0) is 14.8. The van der Waals surface area contributed by atoms with Crippen molar-refractivity contribution in [2.24, 2.45) is 0 Å². The molecule has 0 atom stereocenters. The molecule has 0 heterocycles. The van der Waals surface area contributed by atoms with Crippen molar-refractivity contribution < 1.29 is 13.2 Å². The molecule has 106 valence electrons. The molecule has 0 fully saturated rings. The van der Waals surface area contributed by atoms with Crippen LogP contribution in [0.1, 0.15) is 0 Å². The van der Waals surface area contributed by atoms with Gasteiger partial charge in [-0.15, -0.1) is 0 Å². The molecule has 1 amide bonds.